The van der Waals surface area contributed by atoms with Crippen molar-refractivity contribution in [2.24, 2.45) is 0 Å². The molecular weight excluding hydrogens is 250 g/mol. The fourth-order valence-electron chi connectivity index (χ4n) is 2.15. The largest absolute Gasteiger partial charge is 0.438 e. The molecule has 0 radical (unpaired) electrons. The molecule has 20 heavy (non-hydrogen) atoms. The van der Waals surface area contributed by atoms with Crippen LogP contribution in [0.1, 0.15) is 17.0 Å². The van der Waals surface area contributed by atoms with Crippen LogP contribution in [0.15, 0.2) is 34.7 Å². The predicted molar refractivity (Wildman–Crippen MR) is 79.5 cm³/mol. The molecule has 0 bridgehead atoms. The minimum absolute atomic E-state index is 0.606. The van der Waals surface area contributed by atoms with Crippen molar-refractivity contribution in [1.82, 2.24) is 15.3 Å². The van der Waals surface area contributed by atoms with Gasteiger partial charge in [-0.2, -0.15) is 4.98 Å². The minimum atomic E-state index is 0.606. The summed E-state index contributed by atoms with van der Waals surface area (Å²) in [6, 6.07) is 10.3. The van der Waals surface area contributed by atoms with E-state index in [1.165, 1.54) is 11.1 Å². The molecule has 1 aromatic carbocycles. The second-order valence-corrected chi connectivity index (χ2v) is 4.96. The fourth-order valence-corrected chi connectivity index (χ4v) is 2.15. The van der Waals surface area contributed by atoms with Gasteiger partial charge >= 0.3 is 0 Å². The fraction of sp³-hybridized carbons (Fsp3) is 0.250. The number of nitrogens with zero attached hydrogens (tertiary/aromatic N) is 2. The second-order valence-electron chi connectivity index (χ2n) is 4.96. The molecule has 2 aromatic heterocycles. The van der Waals surface area contributed by atoms with E-state index in [9.17, 15) is 0 Å². The summed E-state index contributed by atoms with van der Waals surface area (Å²) in [5, 5.41) is 3.02. The number of aromatic nitrogens is 2. The lowest BCUT2D eigenvalue weighted by Gasteiger charge is -2.04. The Morgan fingerprint density at radius 3 is 2.65 bits per heavy atom. The van der Waals surface area contributed by atoms with E-state index in [1.54, 1.807) is 0 Å². The Bertz CT molecular complexity index is 762. The molecule has 0 saturated heterocycles. The van der Waals surface area contributed by atoms with Crippen LogP contribution >= 0.6 is 0 Å². The Morgan fingerprint density at radius 2 is 1.90 bits per heavy atom. The Labute approximate surface area is 117 Å². The maximum atomic E-state index is 5.61. The van der Waals surface area contributed by atoms with Gasteiger partial charge in [0, 0.05) is 5.56 Å². The van der Waals surface area contributed by atoms with Crippen molar-refractivity contribution in [1.29, 1.82) is 0 Å². The van der Waals surface area contributed by atoms with Gasteiger partial charge in [0.1, 0.15) is 0 Å². The van der Waals surface area contributed by atoms with E-state index in [4.69, 9.17) is 4.42 Å². The van der Waals surface area contributed by atoms with Crippen LogP contribution in [0.2, 0.25) is 0 Å². The van der Waals surface area contributed by atoms with E-state index in [2.05, 4.69) is 47.3 Å². The summed E-state index contributed by atoms with van der Waals surface area (Å²) in [6.07, 6.45) is 0. The number of hydrogen-bond acceptors (Lipinski definition) is 4. The van der Waals surface area contributed by atoms with Gasteiger partial charge in [0.2, 0.25) is 5.89 Å². The standard InChI is InChI=1S/C16H17N3O/c1-10-4-5-12(8-11(10)2)13-6-7-14-16(18-13)19-15(20-14)9-17-3/h4-8,17H,9H2,1-3H3. The first-order chi connectivity index (χ1) is 9.67. The van der Waals surface area contributed by atoms with Gasteiger partial charge in [0.05, 0.1) is 12.2 Å². The third-order valence-electron chi connectivity index (χ3n) is 3.43. The SMILES string of the molecule is CNCc1nc2nc(-c3ccc(C)c(C)c3)ccc2o1. The zero-order chi connectivity index (χ0) is 14.1. The van der Waals surface area contributed by atoms with E-state index >= 15 is 0 Å². The van der Waals surface area contributed by atoms with Crippen molar-refractivity contribution in [3.05, 3.63) is 47.3 Å². The van der Waals surface area contributed by atoms with E-state index in [1.807, 2.05) is 19.2 Å². The van der Waals surface area contributed by atoms with E-state index in [0.717, 1.165) is 16.8 Å². The highest BCUT2D eigenvalue weighted by Gasteiger charge is 2.08. The molecule has 3 aromatic rings. The molecule has 102 valence electrons. The topological polar surface area (TPSA) is 51.0 Å². The molecule has 0 saturated carbocycles. The van der Waals surface area contributed by atoms with Crippen LogP contribution < -0.4 is 5.32 Å². The van der Waals surface area contributed by atoms with Gasteiger partial charge in [-0.3, -0.25) is 0 Å². The minimum Gasteiger partial charge on any atom is -0.438 e. The monoisotopic (exact) mass is 267 g/mol. The zero-order valence-corrected chi connectivity index (χ0v) is 11.9. The van der Waals surface area contributed by atoms with Gasteiger partial charge in [0.25, 0.3) is 0 Å². The number of fused-ring (bicyclic) bond motifs is 1. The number of pyridine rings is 1. The van der Waals surface area contributed by atoms with Crippen molar-refractivity contribution in [3.63, 3.8) is 0 Å². The van der Waals surface area contributed by atoms with Crippen molar-refractivity contribution >= 4 is 11.2 Å². The molecule has 0 aliphatic heterocycles. The number of hydrogen-bond donors (Lipinski definition) is 1. The summed E-state index contributed by atoms with van der Waals surface area (Å²) in [5.41, 5.74) is 5.96. The lowest BCUT2D eigenvalue weighted by Crippen LogP contribution is -2.04. The predicted octanol–water partition coefficient (Wildman–Crippen LogP) is 3.23. The Hall–Kier alpha value is -2.20. The highest BCUT2D eigenvalue weighted by Crippen LogP contribution is 2.23. The smallest absolute Gasteiger partial charge is 0.211 e. The molecule has 1 N–H and O–H groups in total. The summed E-state index contributed by atoms with van der Waals surface area (Å²) in [5.74, 6) is 0.659. The van der Waals surface area contributed by atoms with Crippen LogP contribution in [0, 0.1) is 13.8 Å². The first kappa shape index (κ1) is 12.8. The van der Waals surface area contributed by atoms with Gasteiger partial charge in [0.15, 0.2) is 11.2 Å². The molecule has 0 aliphatic carbocycles. The van der Waals surface area contributed by atoms with Gasteiger partial charge < -0.3 is 9.73 Å². The quantitative estimate of drug-likeness (QED) is 0.791. The van der Waals surface area contributed by atoms with Crippen LogP contribution in [0.25, 0.3) is 22.5 Å². The number of benzene rings is 1. The summed E-state index contributed by atoms with van der Waals surface area (Å²) < 4.78 is 5.61. The summed E-state index contributed by atoms with van der Waals surface area (Å²) in [7, 11) is 1.86. The molecule has 0 aliphatic rings. The molecular formula is C16H17N3O. The van der Waals surface area contributed by atoms with Gasteiger partial charge in [-0.25, -0.2) is 4.98 Å². The first-order valence-corrected chi connectivity index (χ1v) is 6.66. The normalized spacial score (nSPS) is 11.2. The average Bonchev–Trinajstić information content (AvgIpc) is 2.83. The number of aryl methyl sites for hydroxylation is 2. The zero-order valence-electron chi connectivity index (χ0n) is 11.9. The molecule has 2 heterocycles. The van der Waals surface area contributed by atoms with Gasteiger partial charge in [-0.1, -0.05) is 12.1 Å². The number of nitrogens with one attached hydrogen (secondary N) is 1. The lowest BCUT2D eigenvalue weighted by atomic mass is 10.0. The first-order valence-electron chi connectivity index (χ1n) is 6.66. The molecule has 3 rings (SSSR count). The molecule has 0 fully saturated rings. The van der Waals surface area contributed by atoms with Crippen LogP contribution in [0.5, 0.6) is 0 Å². The van der Waals surface area contributed by atoms with E-state index in [0.29, 0.717) is 18.1 Å². The Kier molecular flexibility index (Phi) is 3.24. The average molecular weight is 267 g/mol. The van der Waals surface area contributed by atoms with Crippen molar-refractivity contribution in [3.8, 4) is 11.3 Å². The van der Waals surface area contributed by atoms with Crippen LogP contribution in [-0.2, 0) is 6.54 Å². The number of oxazole rings is 1. The maximum Gasteiger partial charge on any atom is 0.211 e. The van der Waals surface area contributed by atoms with Gasteiger partial charge in [-0.15, -0.1) is 0 Å². The third kappa shape index (κ3) is 2.30. The van der Waals surface area contributed by atoms with E-state index < -0.39 is 0 Å². The molecule has 4 heteroatoms. The third-order valence-corrected chi connectivity index (χ3v) is 3.43. The van der Waals surface area contributed by atoms with Gasteiger partial charge in [-0.05, 0) is 50.2 Å². The van der Waals surface area contributed by atoms with Crippen LogP contribution in [0.4, 0.5) is 0 Å². The molecule has 4 nitrogen and oxygen atoms in total. The summed E-state index contributed by atoms with van der Waals surface area (Å²) >= 11 is 0. The highest BCUT2D eigenvalue weighted by atomic mass is 16.3. The molecule has 0 atom stereocenters. The highest BCUT2D eigenvalue weighted by molar-refractivity contribution is 5.73. The van der Waals surface area contributed by atoms with Crippen molar-refractivity contribution in [2.45, 2.75) is 20.4 Å². The Morgan fingerprint density at radius 1 is 1.05 bits per heavy atom. The molecule has 0 unspecified atom stereocenters. The molecule has 0 spiro atoms. The maximum absolute atomic E-state index is 5.61. The second kappa shape index (κ2) is 5.06. The molecule has 0 amide bonds. The lowest BCUT2D eigenvalue weighted by molar-refractivity contribution is 0.511. The van der Waals surface area contributed by atoms with Crippen molar-refractivity contribution < 1.29 is 4.42 Å². The van der Waals surface area contributed by atoms with E-state index in [-0.39, 0.29) is 0 Å². The summed E-state index contributed by atoms with van der Waals surface area (Å²) in [4.78, 5) is 8.97. The summed E-state index contributed by atoms with van der Waals surface area (Å²) in [6.45, 7) is 4.82. The van der Waals surface area contributed by atoms with Crippen LogP contribution in [0.3, 0.4) is 0 Å². The Balaban J connectivity index is 2.05. The van der Waals surface area contributed by atoms with Crippen molar-refractivity contribution in [2.75, 3.05) is 7.05 Å². The van der Waals surface area contributed by atoms with Crippen LogP contribution in [-0.4, -0.2) is 17.0 Å². The number of rotatable bonds is 3.